The fourth-order valence-corrected chi connectivity index (χ4v) is 2.21. The van der Waals surface area contributed by atoms with Crippen LogP contribution in [-0.2, 0) is 0 Å². The minimum absolute atomic E-state index is 0.0949. The number of anilines is 1. The van der Waals surface area contributed by atoms with Crippen LogP contribution >= 0.6 is 0 Å². The van der Waals surface area contributed by atoms with Crippen LogP contribution in [0.4, 0.5) is 5.69 Å². The molecule has 0 aliphatic carbocycles. The molecule has 1 aromatic rings. The summed E-state index contributed by atoms with van der Waals surface area (Å²) in [4.78, 5) is 12.1. The van der Waals surface area contributed by atoms with Crippen LogP contribution < -0.4 is 11.2 Å². The molecule has 1 aliphatic rings. The molecule has 17 heavy (non-hydrogen) atoms. The van der Waals surface area contributed by atoms with Gasteiger partial charge in [-0.05, 0) is 31.4 Å². The number of hydrogen-bond donors (Lipinski definition) is 2. The number of nitrogens with one attached hydrogen (secondary N) is 1. The van der Waals surface area contributed by atoms with Crippen LogP contribution in [0.3, 0.4) is 0 Å². The lowest BCUT2D eigenvalue weighted by atomic mass is 10.1. The van der Waals surface area contributed by atoms with Crippen molar-refractivity contribution >= 4 is 11.6 Å². The number of benzene rings is 1. The van der Waals surface area contributed by atoms with E-state index in [0.29, 0.717) is 11.3 Å². The molecule has 0 bridgehead atoms. The highest BCUT2D eigenvalue weighted by atomic mass is 16.2. The van der Waals surface area contributed by atoms with Crippen molar-refractivity contribution in [3.8, 4) is 0 Å². The van der Waals surface area contributed by atoms with E-state index in [1.54, 1.807) is 6.07 Å². The Labute approximate surface area is 102 Å². The summed E-state index contributed by atoms with van der Waals surface area (Å²) in [5.41, 5.74) is 10.8. The molecule has 1 amide bonds. The van der Waals surface area contributed by atoms with Gasteiger partial charge in [0.1, 0.15) is 0 Å². The SMILES string of the molecule is Cc1cccc(N)c1C(=O)NN1CCCCC1. The molecular formula is C13H19N3O. The maximum Gasteiger partial charge on any atom is 0.267 e. The molecule has 1 fully saturated rings. The van der Waals surface area contributed by atoms with Gasteiger partial charge in [0.15, 0.2) is 0 Å². The molecule has 2 rings (SSSR count). The van der Waals surface area contributed by atoms with Gasteiger partial charge >= 0.3 is 0 Å². The van der Waals surface area contributed by atoms with Gasteiger partial charge in [0, 0.05) is 18.8 Å². The zero-order valence-electron chi connectivity index (χ0n) is 10.2. The van der Waals surface area contributed by atoms with Gasteiger partial charge in [-0.25, -0.2) is 5.01 Å². The van der Waals surface area contributed by atoms with E-state index in [2.05, 4.69) is 5.43 Å². The van der Waals surface area contributed by atoms with Gasteiger partial charge < -0.3 is 5.73 Å². The predicted octanol–water partition coefficient (Wildman–Crippen LogP) is 1.71. The Morgan fingerprint density at radius 2 is 2.00 bits per heavy atom. The lowest BCUT2D eigenvalue weighted by Crippen LogP contribution is -2.45. The van der Waals surface area contributed by atoms with E-state index >= 15 is 0 Å². The molecule has 1 aromatic carbocycles. The summed E-state index contributed by atoms with van der Waals surface area (Å²) >= 11 is 0. The Kier molecular flexibility index (Phi) is 3.64. The van der Waals surface area contributed by atoms with Gasteiger partial charge in [-0.3, -0.25) is 10.2 Å². The first-order valence-corrected chi connectivity index (χ1v) is 6.09. The Bertz CT molecular complexity index is 391. The minimum Gasteiger partial charge on any atom is -0.398 e. The number of aryl methyl sites for hydroxylation is 1. The number of piperidine rings is 1. The Morgan fingerprint density at radius 1 is 1.29 bits per heavy atom. The van der Waals surface area contributed by atoms with E-state index in [4.69, 9.17) is 5.73 Å². The van der Waals surface area contributed by atoms with E-state index in [-0.39, 0.29) is 5.91 Å². The largest absolute Gasteiger partial charge is 0.398 e. The molecule has 1 saturated heterocycles. The number of rotatable bonds is 2. The second kappa shape index (κ2) is 5.19. The number of hydrogen-bond acceptors (Lipinski definition) is 3. The van der Waals surface area contributed by atoms with Gasteiger partial charge in [-0.15, -0.1) is 0 Å². The van der Waals surface area contributed by atoms with Crippen LogP contribution in [0.25, 0.3) is 0 Å². The van der Waals surface area contributed by atoms with E-state index in [1.807, 2.05) is 24.1 Å². The Balaban J connectivity index is 2.08. The van der Waals surface area contributed by atoms with Crippen LogP contribution in [0, 0.1) is 6.92 Å². The average molecular weight is 233 g/mol. The first kappa shape index (κ1) is 11.9. The maximum absolute atomic E-state index is 12.1. The second-order valence-corrected chi connectivity index (χ2v) is 4.53. The molecule has 0 atom stereocenters. The fraction of sp³-hybridized carbons (Fsp3) is 0.462. The standard InChI is InChI=1S/C13H19N3O/c1-10-6-5-7-11(14)12(10)13(17)15-16-8-3-2-4-9-16/h5-7H,2-4,8-9,14H2,1H3,(H,15,17). The van der Waals surface area contributed by atoms with Crippen molar-refractivity contribution in [2.24, 2.45) is 0 Å². The van der Waals surface area contributed by atoms with Gasteiger partial charge in [-0.2, -0.15) is 0 Å². The summed E-state index contributed by atoms with van der Waals surface area (Å²) in [6.45, 7) is 3.76. The van der Waals surface area contributed by atoms with Crippen LogP contribution in [0.1, 0.15) is 35.2 Å². The van der Waals surface area contributed by atoms with Crippen LogP contribution in [0.5, 0.6) is 0 Å². The summed E-state index contributed by atoms with van der Waals surface area (Å²) in [6.07, 6.45) is 3.53. The van der Waals surface area contributed by atoms with Gasteiger partial charge in [-0.1, -0.05) is 18.6 Å². The fourth-order valence-electron chi connectivity index (χ4n) is 2.21. The third-order valence-electron chi connectivity index (χ3n) is 3.15. The second-order valence-electron chi connectivity index (χ2n) is 4.53. The third kappa shape index (κ3) is 2.77. The monoisotopic (exact) mass is 233 g/mol. The summed E-state index contributed by atoms with van der Waals surface area (Å²) < 4.78 is 0. The van der Waals surface area contributed by atoms with Gasteiger partial charge in [0.25, 0.3) is 5.91 Å². The average Bonchev–Trinajstić information content (AvgIpc) is 2.30. The number of nitrogens with two attached hydrogens (primary N) is 1. The number of carbonyl (C=O) groups excluding carboxylic acids is 1. The van der Waals surface area contributed by atoms with E-state index in [9.17, 15) is 4.79 Å². The normalized spacial score (nSPS) is 16.8. The Hall–Kier alpha value is -1.55. The zero-order valence-corrected chi connectivity index (χ0v) is 10.2. The third-order valence-corrected chi connectivity index (χ3v) is 3.15. The summed E-state index contributed by atoms with van der Waals surface area (Å²) in [7, 11) is 0. The molecule has 0 radical (unpaired) electrons. The molecule has 92 valence electrons. The maximum atomic E-state index is 12.1. The van der Waals surface area contributed by atoms with Crippen molar-refractivity contribution in [2.45, 2.75) is 26.2 Å². The minimum atomic E-state index is -0.0949. The van der Waals surface area contributed by atoms with E-state index in [1.165, 1.54) is 6.42 Å². The van der Waals surface area contributed by atoms with Gasteiger partial charge in [0.05, 0.1) is 5.56 Å². The topological polar surface area (TPSA) is 58.4 Å². The molecule has 4 heteroatoms. The quantitative estimate of drug-likeness (QED) is 0.764. The molecule has 0 saturated carbocycles. The first-order valence-electron chi connectivity index (χ1n) is 6.09. The predicted molar refractivity (Wildman–Crippen MR) is 68.5 cm³/mol. The first-order chi connectivity index (χ1) is 8.18. The number of nitrogens with zero attached hydrogens (tertiary/aromatic N) is 1. The van der Waals surface area contributed by atoms with E-state index in [0.717, 1.165) is 31.5 Å². The van der Waals surface area contributed by atoms with Crippen LogP contribution in [-0.4, -0.2) is 24.0 Å². The summed E-state index contributed by atoms with van der Waals surface area (Å²) in [5.74, 6) is -0.0949. The molecular weight excluding hydrogens is 214 g/mol. The number of amides is 1. The molecule has 0 spiro atoms. The molecule has 0 unspecified atom stereocenters. The van der Waals surface area contributed by atoms with Crippen LogP contribution in [0.15, 0.2) is 18.2 Å². The Morgan fingerprint density at radius 3 is 2.65 bits per heavy atom. The van der Waals surface area contributed by atoms with Crippen molar-refractivity contribution < 1.29 is 4.79 Å². The smallest absolute Gasteiger partial charge is 0.267 e. The van der Waals surface area contributed by atoms with Crippen LogP contribution in [0.2, 0.25) is 0 Å². The van der Waals surface area contributed by atoms with Crippen molar-refractivity contribution in [3.05, 3.63) is 29.3 Å². The molecule has 3 N–H and O–H groups in total. The summed E-state index contributed by atoms with van der Waals surface area (Å²) in [5, 5.41) is 1.98. The molecule has 0 aromatic heterocycles. The van der Waals surface area contributed by atoms with Crippen molar-refractivity contribution in [3.63, 3.8) is 0 Å². The highest BCUT2D eigenvalue weighted by Gasteiger charge is 2.17. The van der Waals surface area contributed by atoms with Crippen molar-refractivity contribution in [2.75, 3.05) is 18.8 Å². The summed E-state index contributed by atoms with van der Waals surface area (Å²) in [6, 6.07) is 5.53. The molecule has 1 heterocycles. The lowest BCUT2D eigenvalue weighted by molar-refractivity contribution is 0.0750. The zero-order chi connectivity index (χ0) is 12.3. The number of nitrogen functional groups attached to an aromatic ring is 1. The molecule has 1 aliphatic heterocycles. The number of hydrazine groups is 1. The molecule has 4 nitrogen and oxygen atoms in total. The van der Waals surface area contributed by atoms with Crippen molar-refractivity contribution in [1.82, 2.24) is 10.4 Å². The highest BCUT2D eigenvalue weighted by molar-refractivity contribution is 6.00. The lowest BCUT2D eigenvalue weighted by Gasteiger charge is -2.27. The van der Waals surface area contributed by atoms with Crippen molar-refractivity contribution in [1.29, 1.82) is 0 Å². The van der Waals surface area contributed by atoms with Gasteiger partial charge in [0.2, 0.25) is 0 Å². The number of carbonyl (C=O) groups is 1. The highest BCUT2D eigenvalue weighted by Crippen LogP contribution is 2.16. The van der Waals surface area contributed by atoms with E-state index < -0.39 is 0 Å².